The smallest absolute Gasteiger partial charge is 0.228 e. The molecular weight excluding hydrogens is 256 g/mol. The van der Waals surface area contributed by atoms with Gasteiger partial charge in [-0.3, -0.25) is 4.79 Å². The Kier molecular flexibility index (Phi) is 5.11. The number of nitrogens with one attached hydrogen (secondary N) is 1. The van der Waals surface area contributed by atoms with E-state index < -0.39 is 11.5 Å². The SMILES string of the molecule is NCC1(C(=O)NC(CO)c2ccccc2)CCOCC1. The van der Waals surface area contributed by atoms with E-state index in [4.69, 9.17) is 10.5 Å². The van der Waals surface area contributed by atoms with Crippen molar-refractivity contribution in [3.8, 4) is 0 Å². The molecule has 110 valence electrons. The van der Waals surface area contributed by atoms with Gasteiger partial charge in [-0.1, -0.05) is 30.3 Å². The summed E-state index contributed by atoms with van der Waals surface area (Å²) in [6, 6.07) is 9.06. The van der Waals surface area contributed by atoms with Gasteiger partial charge < -0.3 is 20.9 Å². The van der Waals surface area contributed by atoms with E-state index in [0.29, 0.717) is 32.6 Å². The molecule has 0 bridgehead atoms. The van der Waals surface area contributed by atoms with E-state index in [9.17, 15) is 9.90 Å². The second kappa shape index (κ2) is 6.83. The Bertz CT molecular complexity index is 430. The minimum Gasteiger partial charge on any atom is -0.394 e. The third-order valence-corrected chi connectivity index (χ3v) is 4.01. The van der Waals surface area contributed by atoms with Crippen LogP contribution in [0.5, 0.6) is 0 Å². The van der Waals surface area contributed by atoms with E-state index in [1.54, 1.807) is 0 Å². The van der Waals surface area contributed by atoms with Crippen LogP contribution >= 0.6 is 0 Å². The molecule has 1 unspecified atom stereocenters. The second-order valence-corrected chi connectivity index (χ2v) is 5.22. The molecule has 0 aromatic heterocycles. The quantitative estimate of drug-likeness (QED) is 0.736. The molecule has 4 N–H and O–H groups in total. The van der Waals surface area contributed by atoms with Crippen LogP contribution in [0.3, 0.4) is 0 Å². The van der Waals surface area contributed by atoms with Crippen molar-refractivity contribution in [3.63, 3.8) is 0 Å². The van der Waals surface area contributed by atoms with Gasteiger partial charge in [0.25, 0.3) is 0 Å². The fourth-order valence-corrected chi connectivity index (χ4v) is 2.52. The van der Waals surface area contributed by atoms with E-state index in [1.807, 2.05) is 30.3 Å². The molecule has 5 nitrogen and oxygen atoms in total. The van der Waals surface area contributed by atoms with Gasteiger partial charge in [0, 0.05) is 19.8 Å². The van der Waals surface area contributed by atoms with Crippen molar-refractivity contribution < 1.29 is 14.6 Å². The highest BCUT2D eigenvalue weighted by Gasteiger charge is 2.39. The highest BCUT2D eigenvalue weighted by molar-refractivity contribution is 5.83. The number of rotatable bonds is 5. The lowest BCUT2D eigenvalue weighted by Gasteiger charge is -2.35. The summed E-state index contributed by atoms with van der Waals surface area (Å²) in [6.07, 6.45) is 1.25. The Balaban J connectivity index is 2.08. The van der Waals surface area contributed by atoms with Crippen molar-refractivity contribution in [2.24, 2.45) is 11.1 Å². The largest absolute Gasteiger partial charge is 0.394 e. The fourth-order valence-electron chi connectivity index (χ4n) is 2.52. The number of amides is 1. The molecule has 1 amide bonds. The average molecular weight is 278 g/mol. The minimum absolute atomic E-state index is 0.0915. The summed E-state index contributed by atoms with van der Waals surface area (Å²) in [5.41, 5.74) is 6.14. The molecule has 0 aliphatic carbocycles. The number of ether oxygens (including phenoxy) is 1. The first-order valence-corrected chi connectivity index (χ1v) is 6.96. The number of aliphatic hydroxyl groups is 1. The maximum Gasteiger partial charge on any atom is 0.228 e. The zero-order valence-corrected chi connectivity index (χ0v) is 11.5. The van der Waals surface area contributed by atoms with Crippen molar-refractivity contribution in [1.82, 2.24) is 5.32 Å². The lowest BCUT2D eigenvalue weighted by atomic mass is 9.79. The molecule has 0 saturated carbocycles. The molecule has 1 aliphatic rings. The predicted octanol–water partition coefficient (Wildman–Crippen LogP) is 0.592. The monoisotopic (exact) mass is 278 g/mol. The van der Waals surface area contributed by atoms with E-state index in [1.165, 1.54) is 0 Å². The van der Waals surface area contributed by atoms with Crippen LogP contribution in [-0.4, -0.2) is 37.4 Å². The highest BCUT2D eigenvalue weighted by Crippen LogP contribution is 2.30. The molecule has 1 aromatic rings. The van der Waals surface area contributed by atoms with Gasteiger partial charge in [-0.05, 0) is 18.4 Å². The number of aliphatic hydroxyl groups excluding tert-OH is 1. The number of carbonyl (C=O) groups excluding carboxylic acids is 1. The topological polar surface area (TPSA) is 84.6 Å². The van der Waals surface area contributed by atoms with Gasteiger partial charge in [-0.15, -0.1) is 0 Å². The van der Waals surface area contributed by atoms with Gasteiger partial charge in [0.05, 0.1) is 18.1 Å². The Morgan fingerprint density at radius 1 is 1.35 bits per heavy atom. The molecule has 0 spiro atoms. The van der Waals surface area contributed by atoms with Crippen molar-refractivity contribution >= 4 is 5.91 Å². The van der Waals surface area contributed by atoms with Gasteiger partial charge in [0.2, 0.25) is 5.91 Å². The third kappa shape index (κ3) is 3.17. The zero-order valence-electron chi connectivity index (χ0n) is 11.5. The van der Waals surface area contributed by atoms with Crippen LogP contribution in [0.25, 0.3) is 0 Å². The molecule has 1 saturated heterocycles. The highest BCUT2D eigenvalue weighted by atomic mass is 16.5. The molecule has 1 aromatic carbocycles. The first kappa shape index (κ1) is 15.0. The average Bonchev–Trinajstić information content (AvgIpc) is 2.53. The Morgan fingerprint density at radius 2 is 2.00 bits per heavy atom. The Hall–Kier alpha value is -1.43. The molecular formula is C15H22N2O3. The van der Waals surface area contributed by atoms with Gasteiger partial charge in [0.1, 0.15) is 0 Å². The third-order valence-electron chi connectivity index (χ3n) is 4.01. The van der Waals surface area contributed by atoms with Crippen molar-refractivity contribution in [3.05, 3.63) is 35.9 Å². The molecule has 5 heteroatoms. The molecule has 2 rings (SSSR count). The number of hydrogen-bond acceptors (Lipinski definition) is 4. The predicted molar refractivity (Wildman–Crippen MR) is 76.0 cm³/mol. The first-order chi connectivity index (χ1) is 9.72. The first-order valence-electron chi connectivity index (χ1n) is 6.96. The molecule has 1 heterocycles. The van der Waals surface area contributed by atoms with Gasteiger partial charge >= 0.3 is 0 Å². The maximum absolute atomic E-state index is 12.5. The summed E-state index contributed by atoms with van der Waals surface area (Å²) in [5, 5.41) is 12.4. The zero-order chi connectivity index (χ0) is 14.4. The van der Waals surface area contributed by atoms with Gasteiger partial charge in [-0.2, -0.15) is 0 Å². The summed E-state index contributed by atoms with van der Waals surface area (Å²) in [4.78, 5) is 12.5. The van der Waals surface area contributed by atoms with Crippen LogP contribution in [0.1, 0.15) is 24.4 Å². The summed E-state index contributed by atoms with van der Waals surface area (Å²) >= 11 is 0. The van der Waals surface area contributed by atoms with Crippen LogP contribution in [0, 0.1) is 5.41 Å². The van der Waals surface area contributed by atoms with E-state index >= 15 is 0 Å². The standard InChI is InChI=1S/C15H22N2O3/c16-11-15(6-8-20-9-7-15)14(19)17-13(10-18)12-4-2-1-3-5-12/h1-5,13,18H,6-11,16H2,(H,17,19). The molecule has 1 fully saturated rings. The summed E-state index contributed by atoms with van der Waals surface area (Å²) < 4.78 is 5.31. The van der Waals surface area contributed by atoms with Crippen molar-refractivity contribution in [1.29, 1.82) is 0 Å². The molecule has 1 aliphatic heterocycles. The second-order valence-electron chi connectivity index (χ2n) is 5.22. The van der Waals surface area contributed by atoms with Crippen LogP contribution in [0.4, 0.5) is 0 Å². The van der Waals surface area contributed by atoms with E-state index in [0.717, 1.165) is 5.56 Å². The van der Waals surface area contributed by atoms with Crippen LogP contribution in [-0.2, 0) is 9.53 Å². The molecule has 0 radical (unpaired) electrons. The fraction of sp³-hybridized carbons (Fsp3) is 0.533. The van der Waals surface area contributed by atoms with E-state index in [2.05, 4.69) is 5.32 Å². The van der Waals surface area contributed by atoms with E-state index in [-0.39, 0.29) is 12.5 Å². The van der Waals surface area contributed by atoms with Crippen molar-refractivity contribution in [2.45, 2.75) is 18.9 Å². The Labute approximate surface area is 119 Å². The summed E-state index contributed by atoms with van der Waals surface area (Å²) in [5.74, 6) is -0.0915. The van der Waals surface area contributed by atoms with Gasteiger partial charge in [0.15, 0.2) is 0 Å². The van der Waals surface area contributed by atoms with Gasteiger partial charge in [-0.25, -0.2) is 0 Å². The van der Waals surface area contributed by atoms with Crippen LogP contribution < -0.4 is 11.1 Å². The molecule has 20 heavy (non-hydrogen) atoms. The normalized spacial score (nSPS) is 19.3. The lowest BCUT2D eigenvalue weighted by molar-refractivity contribution is -0.137. The number of hydrogen-bond donors (Lipinski definition) is 3. The minimum atomic E-state index is -0.569. The Morgan fingerprint density at radius 3 is 2.55 bits per heavy atom. The number of benzene rings is 1. The summed E-state index contributed by atoms with van der Waals surface area (Å²) in [6.45, 7) is 1.28. The van der Waals surface area contributed by atoms with Crippen molar-refractivity contribution in [2.75, 3.05) is 26.4 Å². The number of nitrogens with two attached hydrogens (primary N) is 1. The lowest BCUT2D eigenvalue weighted by Crippen LogP contribution is -2.50. The number of carbonyl (C=O) groups is 1. The molecule has 1 atom stereocenters. The summed E-state index contributed by atoms with van der Waals surface area (Å²) in [7, 11) is 0. The van der Waals surface area contributed by atoms with Crippen LogP contribution in [0.15, 0.2) is 30.3 Å². The maximum atomic E-state index is 12.5. The van der Waals surface area contributed by atoms with Crippen LogP contribution in [0.2, 0.25) is 0 Å².